The molecule has 2 nitrogen and oxygen atoms in total. The average molecular weight is 310 g/mol. The van der Waals surface area contributed by atoms with Gasteiger partial charge in [0.1, 0.15) is 0 Å². The standard InChI is InChI=1S/C15H20BrNO/c1-11-2-4-12(5-3-11)10-15(18)17-14-8-6-13(16)7-9-14/h2-5,13-14H,6-10H2,1H3,(H,17,18). The van der Waals surface area contributed by atoms with Crippen LogP contribution in [-0.4, -0.2) is 16.8 Å². The van der Waals surface area contributed by atoms with Gasteiger partial charge in [0.25, 0.3) is 0 Å². The molecule has 98 valence electrons. The molecule has 18 heavy (non-hydrogen) atoms. The normalized spacial score (nSPS) is 23.7. The highest BCUT2D eigenvalue weighted by atomic mass is 79.9. The first-order valence-electron chi connectivity index (χ1n) is 6.62. The third kappa shape index (κ3) is 4.13. The molecule has 0 atom stereocenters. The Morgan fingerprint density at radius 2 is 1.83 bits per heavy atom. The lowest BCUT2D eigenvalue weighted by atomic mass is 9.95. The average Bonchev–Trinajstić information content (AvgIpc) is 2.35. The lowest BCUT2D eigenvalue weighted by Crippen LogP contribution is -2.38. The zero-order chi connectivity index (χ0) is 13.0. The second-order valence-corrected chi connectivity index (χ2v) is 6.47. The van der Waals surface area contributed by atoms with Crippen molar-refractivity contribution in [1.29, 1.82) is 0 Å². The van der Waals surface area contributed by atoms with Crippen molar-refractivity contribution in [2.45, 2.75) is 49.9 Å². The molecule has 1 aliphatic rings. The molecule has 3 heteroatoms. The number of benzene rings is 1. The Morgan fingerprint density at radius 1 is 1.22 bits per heavy atom. The topological polar surface area (TPSA) is 29.1 Å². The van der Waals surface area contributed by atoms with Gasteiger partial charge in [-0.15, -0.1) is 0 Å². The fourth-order valence-corrected chi connectivity index (χ4v) is 2.90. The van der Waals surface area contributed by atoms with Crippen LogP contribution in [0.2, 0.25) is 0 Å². The number of hydrogen-bond donors (Lipinski definition) is 1. The highest BCUT2D eigenvalue weighted by Gasteiger charge is 2.20. The number of amides is 1. The Balaban J connectivity index is 1.80. The summed E-state index contributed by atoms with van der Waals surface area (Å²) in [4.78, 5) is 12.6. The van der Waals surface area contributed by atoms with E-state index in [-0.39, 0.29) is 5.91 Å². The third-order valence-electron chi connectivity index (χ3n) is 3.51. The van der Waals surface area contributed by atoms with Crippen LogP contribution >= 0.6 is 15.9 Å². The summed E-state index contributed by atoms with van der Waals surface area (Å²) >= 11 is 3.63. The molecule has 0 heterocycles. The third-order valence-corrected chi connectivity index (χ3v) is 4.42. The summed E-state index contributed by atoms with van der Waals surface area (Å²) in [7, 11) is 0. The van der Waals surface area contributed by atoms with E-state index in [1.807, 2.05) is 12.1 Å². The van der Waals surface area contributed by atoms with Crippen molar-refractivity contribution in [2.75, 3.05) is 0 Å². The maximum atomic E-state index is 11.9. The summed E-state index contributed by atoms with van der Waals surface area (Å²) in [5.41, 5.74) is 2.32. The Hall–Kier alpha value is -0.830. The van der Waals surface area contributed by atoms with Crippen molar-refractivity contribution < 1.29 is 4.79 Å². The molecule has 1 amide bonds. The first-order chi connectivity index (χ1) is 8.63. The van der Waals surface area contributed by atoms with Gasteiger partial charge >= 0.3 is 0 Å². The van der Waals surface area contributed by atoms with Crippen LogP contribution in [0, 0.1) is 6.92 Å². The summed E-state index contributed by atoms with van der Waals surface area (Å²) in [5, 5.41) is 3.14. The molecule has 1 aromatic carbocycles. The molecular formula is C15H20BrNO. The number of carbonyl (C=O) groups is 1. The van der Waals surface area contributed by atoms with Gasteiger partial charge in [0.15, 0.2) is 0 Å². The summed E-state index contributed by atoms with van der Waals surface area (Å²) in [5.74, 6) is 0.150. The Morgan fingerprint density at radius 3 is 2.44 bits per heavy atom. The summed E-state index contributed by atoms with van der Waals surface area (Å²) < 4.78 is 0. The van der Waals surface area contributed by atoms with Crippen LogP contribution in [-0.2, 0) is 11.2 Å². The van der Waals surface area contributed by atoms with Crippen molar-refractivity contribution in [2.24, 2.45) is 0 Å². The van der Waals surface area contributed by atoms with E-state index in [2.05, 4.69) is 40.3 Å². The van der Waals surface area contributed by atoms with Crippen LogP contribution in [0.3, 0.4) is 0 Å². The monoisotopic (exact) mass is 309 g/mol. The van der Waals surface area contributed by atoms with E-state index in [9.17, 15) is 4.79 Å². The van der Waals surface area contributed by atoms with Gasteiger partial charge in [0.2, 0.25) is 5.91 Å². The van der Waals surface area contributed by atoms with Gasteiger partial charge in [-0.2, -0.15) is 0 Å². The van der Waals surface area contributed by atoms with Crippen LogP contribution in [0.5, 0.6) is 0 Å². The number of halogens is 1. The summed E-state index contributed by atoms with van der Waals surface area (Å²) in [6, 6.07) is 8.54. The number of nitrogens with one attached hydrogen (secondary N) is 1. The van der Waals surface area contributed by atoms with Crippen LogP contribution in [0.15, 0.2) is 24.3 Å². The molecule has 1 aromatic rings. The fraction of sp³-hybridized carbons (Fsp3) is 0.533. The van der Waals surface area contributed by atoms with E-state index in [0.29, 0.717) is 17.3 Å². The largest absolute Gasteiger partial charge is 0.353 e. The Kier molecular flexibility index (Phi) is 4.81. The zero-order valence-electron chi connectivity index (χ0n) is 10.8. The van der Waals surface area contributed by atoms with E-state index in [1.165, 1.54) is 5.56 Å². The highest BCUT2D eigenvalue weighted by Crippen LogP contribution is 2.24. The first-order valence-corrected chi connectivity index (χ1v) is 7.54. The second-order valence-electron chi connectivity index (χ2n) is 5.18. The van der Waals surface area contributed by atoms with Gasteiger partial charge in [-0.25, -0.2) is 0 Å². The molecular weight excluding hydrogens is 290 g/mol. The molecule has 0 spiro atoms. The molecule has 0 unspecified atom stereocenters. The predicted octanol–water partition coefficient (Wildman–Crippen LogP) is 3.36. The van der Waals surface area contributed by atoms with Crippen molar-refractivity contribution in [3.05, 3.63) is 35.4 Å². The number of carbonyl (C=O) groups excluding carboxylic acids is 1. The SMILES string of the molecule is Cc1ccc(CC(=O)NC2CCC(Br)CC2)cc1. The van der Waals surface area contributed by atoms with Crippen molar-refractivity contribution >= 4 is 21.8 Å². The molecule has 0 aromatic heterocycles. The highest BCUT2D eigenvalue weighted by molar-refractivity contribution is 9.09. The Labute approximate surface area is 117 Å². The van der Waals surface area contributed by atoms with E-state index >= 15 is 0 Å². The number of alkyl halides is 1. The van der Waals surface area contributed by atoms with E-state index in [0.717, 1.165) is 31.2 Å². The van der Waals surface area contributed by atoms with E-state index in [1.54, 1.807) is 0 Å². The van der Waals surface area contributed by atoms with Crippen molar-refractivity contribution in [3.8, 4) is 0 Å². The first kappa shape index (κ1) is 13.6. The number of rotatable bonds is 3. The maximum absolute atomic E-state index is 11.9. The van der Waals surface area contributed by atoms with Gasteiger partial charge in [0.05, 0.1) is 6.42 Å². The quantitative estimate of drug-likeness (QED) is 0.852. The second kappa shape index (κ2) is 6.37. The van der Waals surface area contributed by atoms with Gasteiger partial charge in [-0.05, 0) is 38.2 Å². The Bertz CT molecular complexity index is 393. The molecule has 1 fully saturated rings. The van der Waals surface area contributed by atoms with Gasteiger partial charge in [-0.1, -0.05) is 45.8 Å². The minimum absolute atomic E-state index is 0.150. The molecule has 0 saturated heterocycles. The molecule has 1 N–H and O–H groups in total. The molecule has 1 aliphatic carbocycles. The van der Waals surface area contributed by atoms with E-state index < -0.39 is 0 Å². The van der Waals surface area contributed by atoms with Gasteiger partial charge < -0.3 is 5.32 Å². The minimum Gasteiger partial charge on any atom is -0.353 e. The lowest BCUT2D eigenvalue weighted by Gasteiger charge is -2.26. The van der Waals surface area contributed by atoms with Crippen molar-refractivity contribution in [1.82, 2.24) is 5.32 Å². The summed E-state index contributed by atoms with van der Waals surface area (Å²) in [6.07, 6.45) is 5.00. The minimum atomic E-state index is 0.150. The smallest absolute Gasteiger partial charge is 0.224 e. The molecule has 2 rings (SSSR count). The zero-order valence-corrected chi connectivity index (χ0v) is 12.4. The molecule has 0 aliphatic heterocycles. The molecule has 0 bridgehead atoms. The predicted molar refractivity (Wildman–Crippen MR) is 78.0 cm³/mol. The maximum Gasteiger partial charge on any atom is 0.224 e. The number of hydrogen-bond acceptors (Lipinski definition) is 1. The van der Waals surface area contributed by atoms with Crippen LogP contribution < -0.4 is 5.32 Å². The van der Waals surface area contributed by atoms with Crippen LogP contribution in [0.1, 0.15) is 36.8 Å². The van der Waals surface area contributed by atoms with Gasteiger partial charge in [0, 0.05) is 10.9 Å². The van der Waals surface area contributed by atoms with Gasteiger partial charge in [-0.3, -0.25) is 4.79 Å². The molecule has 1 saturated carbocycles. The lowest BCUT2D eigenvalue weighted by molar-refractivity contribution is -0.121. The van der Waals surface area contributed by atoms with Crippen LogP contribution in [0.25, 0.3) is 0 Å². The van der Waals surface area contributed by atoms with Crippen LogP contribution in [0.4, 0.5) is 0 Å². The van der Waals surface area contributed by atoms with Crippen molar-refractivity contribution in [3.63, 3.8) is 0 Å². The summed E-state index contributed by atoms with van der Waals surface area (Å²) in [6.45, 7) is 2.06. The fourth-order valence-electron chi connectivity index (χ4n) is 2.37. The van der Waals surface area contributed by atoms with E-state index in [4.69, 9.17) is 0 Å². The number of aryl methyl sites for hydroxylation is 1. The molecule has 0 radical (unpaired) electrons.